The zero-order valence-electron chi connectivity index (χ0n) is 19.4. The average Bonchev–Trinajstić information content (AvgIpc) is 2.84. The number of piperazine rings is 1. The molecular formula is C27H28ClN3O3. The molecule has 6 nitrogen and oxygen atoms in total. The van der Waals surface area contributed by atoms with Crippen LogP contribution in [0.2, 0.25) is 5.02 Å². The molecular weight excluding hydrogens is 450 g/mol. The van der Waals surface area contributed by atoms with Crippen LogP contribution in [-0.4, -0.2) is 49.5 Å². The Hall–Kier alpha value is -3.51. The molecule has 0 saturated carbocycles. The average molecular weight is 478 g/mol. The standard InChI is InChI=1S/C27H28ClN3O3/c1-19-6-10-21(11-7-19)27(33)31-16-14-30(15-17-31)26-23(28)4-3-5-24(26)29-25(32)18-34-22-12-8-20(2)9-13-22/h3-13H,14-18H2,1-2H3,(H,29,32). The Balaban J connectivity index is 1.39. The Morgan fingerprint density at radius 3 is 2.15 bits per heavy atom. The van der Waals surface area contributed by atoms with Gasteiger partial charge in [0.1, 0.15) is 5.75 Å². The van der Waals surface area contributed by atoms with Crippen molar-refractivity contribution in [2.24, 2.45) is 0 Å². The molecule has 3 aromatic carbocycles. The lowest BCUT2D eigenvalue weighted by molar-refractivity contribution is -0.118. The van der Waals surface area contributed by atoms with E-state index in [9.17, 15) is 9.59 Å². The predicted molar refractivity (Wildman–Crippen MR) is 136 cm³/mol. The topological polar surface area (TPSA) is 61.9 Å². The zero-order valence-corrected chi connectivity index (χ0v) is 20.1. The van der Waals surface area contributed by atoms with E-state index in [2.05, 4.69) is 10.2 Å². The molecule has 0 unspecified atom stereocenters. The molecule has 1 heterocycles. The highest BCUT2D eigenvalue weighted by Gasteiger charge is 2.25. The van der Waals surface area contributed by atoms with Gasteiger partial charge in [0, 0.05) is 31.7 Å². The molecule has 176 valence electrons. The second kappa shape index (κ2) is 10.6. The molecule has 7 heteroatoms. The predicted octanol–water partition coefficient (Wildman–Crippen LogP) is 4.94. The highest BCUT2D eigenvalue weighted by molar-refractivity contribution is 6.34. The van der Waals surface area contributed by atoms with Crippen molar-refractivity contribution in [3.05, 3.63) is 88.4 Å². The number of hydrogen-bond donors (Lipinski definition) is 1. The molecule has 34 heavy (non-hydrogen) atoms. The van der Waals surface area contributed by atoms with E-state index in [1.54, 1.807) is 12.1 Å². The minimum atomic E-state index is -0.266. The van der Waals surface area contributed by atoms with Crippen molar-refractivity contribution >= 4 is 34.8 Å². The molecule has 0 radical (unpaired) electrons. The van der Waals surface area contributed by atoms with E-state index in [1.165, 1.54) is 0 Å². The molecule has 0 atom stereocenters. The number of amides is 2. The van der Waals surface area contributed by atoms with Gasteiger partial charge in [-0.2, -0.15) is 0 Å². The van der Waals surface area contributed by atoms with E-state index in [0.717, 1.165) is 16.8 Å². The number of ether oxygens (including phenoxy) is 1. The van der Waals surface area contributed by atoms with Crippen LogP contribution in [0.25, 0.3) is 0 Å². The third-order valence-corrected chi connectivity index (χ3v) is 6.14. The second-order valence-electron chi connectivity index (χ2n) is 8.43. The van der Waals surface area contributed by atoms with Crippen molar-refractivity contribution in [1.29, 1.82) is 0 Å². The number of para-hydroxylation sites is 1. The molecule has 4 rings (SSSR count). The molecule has 1 fully saturated rings. The van der Waals surface area contributed by atoms with Crippen molar-refractivity contribution in [1.82, 2.24) is 4.90 Å². The number of carbonyl (C=O) groups is 2. The van der Waals surface area contributed by atoms with Gasteiger partial charge in [0.05, 0.1) is 16.4 Å². The summed E-state index contributed by atoms with van der Waals surface area (Å²) in [5, 5.41) is 3.48. The molecule has 1 N–H and O–H groups in total. The minimum absolute atomic E-state index is 0.0283. The molecule has 1 saturated heterocycles. The normalized spacial score (nSPS) is 13.5. The van der Waals surface area contributed by atoms with Crippen LogP contribution in [0.1, 0.15) is 21.5 Å². The first-order valence-corrected chi connectivity index (χ1v) is 11.7. The van der Waals surface area contributed by atoms with Crippen LogP contribution >= 0.6 is 11.6 Å². The van der Waals surface area contributed by atoms with E-state index in [4.69, 9.17) is 16.3 Å². The van der Waals surface area contributed by atoms with Gasteiger partial charge >= 0.3 is 0 Å². The minimum Gasteiger partial charge on any atom is -0.484 e. The van der Waals surface area contributed by atoms with Crippen molar-refractivity contribution in [3.63, 3.8) is 0 Å². The number of carbonyl (C=O) groups excluding carboxylic acids is 2. The smallest absolute Gasteiger partial charge is 0.262 e. The maximum Gasteiger partial charge on any atom is 0.262 e. The molecule has 0 spiro atoms. The lowest BCUT2D eigenvalue weighted by atomic mass is 10.1. The van der Waals surface area contributed by atoms with Crippen molar-refractivity contribution in [2.75, 3.05) is 43.0 Å². The highest BCUT2D eigenvalue weighted by Crippen LogP contribution is 2.34. The number of halogens is 1. The van der Waals surface area contributed by atoms with Gasteiger partial charge < -0.3 is 19.9 Å². The summed E-state index contributed by atoms with van der Waals surface area (Å²) in [7, 11) is 0. The Kier molecular flexibility index (Phi) is 7.38. The number of benzene rings is 3. The van der Waals surface area contributed by atoms with Crippen LogP contribution in [-0.2, 0) is 4.79 Å². The fourth-order valence-electron chi connectivity index (χ4n) is 3.92. The van der Waals surface area contributed by atoms with E-state index in [1.807, 2.05) is 73.3 Å². The number of aryl methyl sites for hydroxylation is 2. The van der Waals surface area contributed by atoms with Crippen LogP contribution in [0.3, 0.4) is 0 Å². The number of nitrogens with zero attached hydrogens (tertiary/aromatic N) is 2. The monoisotopic (exact) mass is 477 g/mol. The van der Waals surface area contributed by atoms with Crippen molar-refractivity contribution < 1.29 is 14.3 Å². The van der Waals surface area contributed by atoms with E-state index >= 15 is 0 Å². The Labute approximate surface area is 205 Å². The molecule has 1 aliphatic rings. The second-order valence-corrected chi connectivity index (χ2v) is 8.84. The first-order chi connectivity index (χ1) is 16.4. The lowest BCUT2D eigenvalue weighted by Crippen LogP contribution is -2.49. The zero-order chi connectivity index (χ0) is 24.1. The summed E-state index contributed by atoms with van der Waals surface area (Å²) < 4.78 is 5.60. The lowest BCUT2D eigenvalue weighted by Gasteiger charge is -2.37. The quantitative estimate of drug-likeness (QED) is 0.546. The van der Waals surface area contributed by atoms with Gasteiger partial charge in [0.25, 0.3) is 11.8 Å². The maximum absolute atomic E-state index is 12.9. The molecule has 1 aliphatic heterocycles. The van der Waals surface area contributed by atoms with Crippen LogP contribution in [0, 0.1) is 13.8 Å². The van der Waals surface area contributed by atoms with Crippen LogP contribution in [0.5, 0.6) is 5.75 Å². The van der Waals surface area contributed by atoms with Crippen LogP contribution in [0.15, 0.2) is 66.7 Å². The number of hydrogen-bond acceptors (Lipinski definition) is 4. The Morgan fingerprint density at radius 1 is 0.882 bits per heavy atom. The van der Waals surface area contributed by atoms with Crippen LogP contribution in [0.4, 0.5) is 11.4 Å². The van der Waals surface area contributed by atoms with E-state index in [0.29, 0.717) is 48.2 Å². The van der Waals surface area contributed by atoms with Gasteiger partial charge in [-0.1, -0.05) is 53.1 Å². The number of anilines is 2. The van der Waals surface area contributed by atoms with Gasteiger partial charge in [-0.05, 0) is 50.2 Å². The summed E-state index contributed by atoms with van der Waals surface area (Å²) in [6.45, 7) is 6.27. The third kappa shape index (κ3) is 5.69. The van der Waals surface area contributed by atoms with E-state index < -0.39 is 0 Å². The third-order valence-electron chi connectivity index (χ3n) is 5.83. The summed E-state index contributed by atoms with van der Waals surface area (Å²) in [4.78, 5) is 29.4. The summed E-state index contributed by atoms with van der Waals surface area (Å²) >= 11 is 6.54. The van der Waals surface area contributed by atoms with Gasteiger partial charge in [-0.3, -0.25) is 9.59 Å². The molecule has 3 aromatic rings. The Bertz CT molecular complexity index is 1150. The first-order valence-electron chi connectivity index (χ1n) is 11.3. The van der Waals surface area contributed by atoms with Gasteiger partial charge in [-0.15, -0.1) is 0 Å². The SMILES string of the molecule is Cc1ccc(OCC(=O)Nc2cccc(Cl)c2N2CCN(C(=O)c3ccc(C)cc3)CC2)cc1. The first kappa shape index (κ1) is 23.6. The largest absolute Gasteiger partial charge is 0.484 e. The fraction of sp³-hybridized carbons (Fsp3) is 0.259. The summed E-state index contributed by atoms with van der Waals surface area (Å²) in [6, 6.07) is 20.6. The molecule has 0 aromatic heterocycles. The van der Waals surface area contributed by atoms with Crippen molar-refractivity contribution in [2.45, 2.75) is 13.8 Å². The number of rotatable bonds is 6. The van der Waals surface area contributed by atoms with Crippen molar-refractivity contribution in [3.8, 4) is 5.75 Å². The molecule has 0 aliphatic carbocycles. The molecule has 0 bridgehead atoms. The maximum atomic E-state index is 12.9. The highest BCUT2D eigenvalue weighted by atomic mass is 35.5. The van der Waals surface area contributed by atoms with E-state index in [-0.39, 0.29) is 18.4 Å². The van der Waals surface area contributed by atoms with Gasteiger partial charge in [0.2, 0.25) is 0 Å². The summed E-state index contributed by atoms with van der Waals surface area (Å²) in [5.74, 6) is 0.402. The Morgan fingerprint density at radius 2 is 1.50 bits per heavy atom. The van der Waals surface area contributed by atoms with Crippen LogP contribution < -0.4 is 15.0 Å². The summed E-state index contributed by atoms with van der Waals surface area (Å²) in [6.07, 6.45) is 0. The number of nitrogens with one attached hydrogen (secondary N) is 1. The summed E-state index contributed by atoms with van der Waals surface area (Å²) in [5.41, 5.74) is 4.33. The molecule has 2 amide bonds. The fourth-order valence-corrected chi connectivity index (χ4v) is 4.21. The van der Waals surface area contributed by atoms with Gasteiger partial charge in [0.15, 0.2) is 6.61 Å². The van der Waals surface area contributed by atoms with Gasteiger partial charge in [-0.25, -0.2) is 0 Å².